The second-order valence-electron chi connectivity index (χ2n) is 4.92. The van der Waals surface area contributed by atoms with Crippen LogP contribution >= 0.6 is 0 Å². The number of aromatic nitrogens is 1. The SMILES string of the molecule is CNc1cc(C(=O)NCC(C)(C)C)ccn1. The Morgan fingerprint density at radius 3 is 2.69 bits per heavy atom. The van der Waals surface area contributed by atoms with Crippen LogP contribution in [0.2, 0.25) is 0 Å². The number of nitrogens with zero attached hydrogens (tertiary/aromatic N) is 1. The van der Waals surface area contributed by atoms with Gasteiger partial charge in [0.25, 0.3) is 5.91 Å². The van der Waals surface area contributed by atoms with Crippen LogP contribution in [0.15, 0.2) is 18.3 Å². The summed E-state index contributed by atoms with van der Waals surface area (Å²) < 4.78 is 0. The summed E-state index contributed by atoms with van der Waals surface area (Å²) in [6.45, 7) is 6.90. The van der Waals surface area contributed by atoms with Crippen molar-refractivity contribution in [1.29, 1.82) is 0 Å². The van der Waals surface area contributed by atoms with Gasteiger partial charge in [-0.1, -0.05) is 20.8 Å². The van der Waals surface area contributed by atoms with E-state index in [0.29, 0.717) is 17.9 Å². The highest BCUT2D eigenvalue weighted by molar-refractivity contribution is 5.94. The number of carbonyl (C=O) groups is 1. The van der Waals surface area contributed by atoms with Gasteiger partial charge in [0.05, 0.1) is 0 Å². The first kappa shape index (κ1) is 12.5. The van der Waals surface area contributed by atoms with Crippen molar-refractivity contribution >= 4 is 11.7 Å². The molecule has 0 saturated heterocycles. The summed E-state index contributed by atoms with van der Waals surface area (Å²) in [4.78, 5) is 15.9. The molecule has 0 bridgehead atoms. The maximum absolute atomic E-state index is 11.8. The van der Waals surface area contributed by atoms with Crippen molar-refractivity contribution in [1.82, 2.24) is 10.3 Å². The average molecular weight is 221 g/mol. The van der Waals surface area contributed by atoms with E-state index in [0.717, 1.165) is 0 Å². The van der Waals surface area contributed by atoms with Gasteiger partial charge in [0.1, 0.15) is 5.82 Å². The molecule has 0 fully saturated rings. The summed E-state index contributed by atoms with van der Waals surface area (Å²) in [6, 6.07) is 3.44. The molecule has 0 radical (unpaired) electrons. The number of anilines is 1. The minimum Gasteiger partial charge on any atom is -0.373 e. The lowest BCUT2D eigenvalue weighted by Crippen LogP contribution is -2.32. The molecule has 88 valence electrons. The number of amides is 1. The Kier molecular flexibility index (Phi) is 3.88. The topological polar surface area (TPSA) is 54.0 Å². The second-order valence-corrected chi connectivity index (χ2v) is 4.92. The maximum Gasteiger partial charge on any atom is 0.251 e. The molecule has 1 aromatic rings. The van der Waals surface area contributed by atoms with Gasteiger partial charge in [-0.2, -0.15) is 0 Å². The Bertz CT molecular complexity index is 369. The number of rotatable bonds is 3. The Balaban J connectivity index is 2.66. The number of nitrogens with one attached hydrogen (secondary N) is 2. The van der Waals surface area contributed by atoms with Crippen LogP contribution in [0.4, 0.5) is 5.82 Å². The van der Waals surface area contributed by atoms with Crippen LogP contribution < -0.4 is 10.6 Å². The van der Waals surface area contributed by atoms with Crippen molar-refractivity contribution in [3.8, 4) is 0 Å². The van der Waals surface area contributed by atoms with Crippen LogP contribution in [0.1, 0.15) is 31.1 Å². The molecule has 0 aromatic carbocycles. The fourth-order valence-electron chi connectivity index (χ4n) is 1.16. The quantitative estimate of drug-likeness (QED) is 0.819. The van der Waals surface area contributed by atoms with E-state index < -0.39 is 0 Å². The van der Waals surface area contributed by atoms with E-state index in [1.165, 1.54) is 0 Å². The van der Waals surface area contributed by atoms with Crippen molar-refractivity contribution in [2.45, 2.75) is 20.8 Å². The number of hydrogen-bond donors (Lipinski definition) is 2. The normalized spacial score (nSPS) is 11.0. The molecule has 16 heavy (non-hydrogen) atoms. The highest BCUT2D eigenvalue weighted by Crippen LogP contribution is 2.11. The first-order valence-electron chi connectivity index (χ1n) is 5.34. The van der Waals surface area contributed by atoms with Gasteiger partial charge < -0.3 is 10.6 Å². The Hall–Kier alpha value is -1.58. The lowest BCUT2D eigenvalue weighted by molar-refractivity contribution is 0.0939. The molecule has 1 aromatic heterocycles. The highest BCUT2D eigenvalue weighted by atomic mass is 16.1. The fraction of sp³-hybridized carbons (Fsp3) is 0.500. The third-order valence-electron chi connectivity index (χ3n) is 2.06. The van der Waals surface area contributed by atoms with Crippen molar-refractivity contribution in [2.24, 2.45) is 5.41 Å². The molecular weight excluding hydrogens is 202 g/mol. The molecule has 0 aliphatic rings. The molecule has 0 saturated carbocycles. The van der Waals surface area contributed by atoms with E-state index in [1.807, 2.05) is 0 Å². The largest absolute Gasteiger partial charge is 0.373 e. The third-order valence-corrected chi connectivity index (χ3v) is 2.06. The first-order valence-corrected chi connectivity index (χ1v) is 5.34. The van der Waals surface area contributed by atoms with Gasteiger partial charge in [-0.15, -0.1) is 0 Å². The van der Waals surface area contributed by atoms with Crippen LogP contribution in [0.5, 0.6) is 0 Å². The Morgan fingerprint density at radius 1 is 1.44 bits per heavy atom. The molecule has 4 heteroatoms. The minimum absolute atomic E-state index is 0.0613. The Morgan fingerprint density at radius 2 is 2.12 bits per heavy atom. The van der Waals surface area contributed by atoms with Crippen LogP contribution in [-0.4, -0.2) is 24.5 Å². The van der Waals surface area contributed by atoms with Crippen molar-refractivity contribution < 1.29 is 4.79 Å². The molecule has 0 unspecified atom stereocenters. The summed E-state index contributed by atoms with van der Waals surface area (Å²) in [7, 11) is 1.78. The van der Waals surface area contributed by atoms with Crippen molar-refractivity contribution in [3.63, 3.8) is 0 Å². The third kappa shape index (κ3) is 3.88. The van der Waals surface area contributed by atoms with E-state index in [-0.39, 0.29) is 11.3 Å². The van der Waals surface area contributed by atoms with Crippen LogP contribution in [-0.2, 0) is 0 Å². The zero-order valence-electron chi connectivity index (χ0n) is 10.3. The number of pyridine rings is 1. The van der Waals surface area contributed by atoms with Crippen molar-refractivity contribution in [2.75, 3.05) is 18.9 Å². The lowest BCUT2D eigenvalue weighted by atomic mass is 9.97. The molecule has 1 heterocycles. The van der Waals surface area contributed by atoms with E-state index in [4.69, 9.17) is 0 Å². The molecule has 2 N–H and O–H groups in total. The van der Waals surface area contributed by atoms with Crippen LogP contribution in [0.3, 0.4) is 0 Å². The number of hydrogen-bond acceptors (Lipinski definition) is 3. The Labute approximate surface area is 96.5 Å². The van der Waals surface area contributed by atoms with Gasteiger partial charge in [0, 0.05) is 25.4 Å². The molecule has 0 atom stereocenters. The lowest BCUT2D eigenvalue weighted by Gasteiger charge is -2.18. The standard InChI is InChI=1S/C12H19N3O/c1-12(2,3)8-15-11(16)9-5-6-14-10(7-9)13-4/h5-7H,8H2,1-4H3,(H,13,14)(H,15,16). The van der Waals surface area contributed by atoms with Gasteiger partial charge in [0.2, 0.25) is 0 Å². The predicted octanol–water partition coefficient (Wildman–Crippen LogP) is 1.90. The first-order chi connectivity index (χ1) is 7.42. The summed E-state index contributed by atoms with van der Waals surface area (Å²) in [6.07, 6.45) is 1.62. The van der Waals surface area contributed by atoms with Gasteiger partial charge in [0.15, 0.2) is 0 Å². The van der Waals surface area contributed by atoms with Crippen LogP contribution in [0, 0.1) is 5.41 Å². The molecule has 1 rings (SSSR count). The zero-order valence-corrected chi connectivity index (χ0v) is 10.3. The molecule has 0 aliphatic carbocycles. The predicted molar refractivity (Wildman–Crippen MR) is 65.6 cm³/mol. The monoisotopic (exact) mass is 221 g/mol. The van der Waals surface area contributed by atoms with Crippen LogP contribution in [0.25, 0.3) is 0 Å². The average Bonchev–Trinajstić information content (AvgIpc) is 2.25. The van der Waals surface area contributed by atoms with Gasteiger partial charge in [-0.05, 0) is 17.5 Å². The van der Waals surface area contributed by atoms with Gasteiger partial charge >= 0.3 is 0 Å². The summed E-state index contributed by atoms with van der Waals surface area (Å²) in [5.41, 5.74) is 0.720. The molecule has 1 amide bonds. The molecule has 4 nitrogen and oxygen atoms in total. The maximum atomic E-state index is 11.8. The van der Waals surface area contributed by atoms with E-state index in [2.05, 4.69) is 36.4 Å². The summed E-state index contributed by atoms with van der Waals surface area (Å²) in [5.74, 6) is 0.636. The summed E-state index contributed by atoms with van der Waals surface area (Å²) in [5, 5.41) is 5.80. The highest BCUT2D eigenvalue weighted by Gasteiger charge is 2.13. The molecule has 0 aliphatic heterocycles. The molecule has 0 spiro atoms. The van der Waals surface area contributed by atoms with E-state index in [1.54, 1.807) is 25.4 Å². The zero-order chi connectivity index (χ0) is 12.2. The van der Waals surface area contributed by atoms with E-state index in [9.17, 15) is 4.79 Å². The summed E-state index contributed by atoms with van der Waals surface area (Å²) >= 11 is 0. The molecular formula is C12H19N3O. The van der Waals surface area contributed by atoms with Gasteiger partial charge in [-0.3, -0.25) is 4.79 Å². The van der Waals surface area contributed by atoms with Gasteiger partial charge in [-0.25, -0.2) is 4.98 Å². The smallest absolute Gasteiger partial charge is 0.251 e. The van der Waals surface area contributed by atoms with E-state index >= 15 is 0 Å². The van der Waals surface area contributed by atoms with Crippen molar-refractivity contribution in [3.05, 3.63) is 23.9 Å². The second kappa shape index (κ2) is 4.96. The minimum atomic E-state index is -0.0613. The fourth-order valence-corrected chi connectivity index (χ4v) is 1.16. The number of carbonyl (C=O) groups excluding carboxylic acids is 1.